The second kappa shape index (κ2) is 18.8. The van der Waals surface area contributed by atoms with Crippen molar-refractivity contribution in [2.75, 3.05) is 19.5 Å². The maximum absolute atomic E-state index is 8.00. The number of nitrogens with two attached hydrogens (primary N) is 1. The van der Waals surface area contributed by atoms with E-state index in [2.05, 4.69) is 103 Å². The van der Waals surface area contributed by atoms with Crippen LogP contribution in [-0.2, 0) is 4.79 Å². The number of hydrogen-bond acceptors (Lipinski definition) is 6. The van der Waals surface area contributed by atoms with E-state index in [1.54, 1.807) is 0 Å². The number of nitrogens with one attached hydrogen (secondary N) is 1. The van der Waals surface area contributed by atoms with Crippen LogP contribution in [-0.4, -0.2) is 36.0 Å². The molecule has 6 nitrogen and oxygen atoms in total. The lowest BCUT2D eigenvalue weighted by atomic mass is 9.94. The molecule has 40 heavy (non-hydrogen) atoms. The predicted molar refractivity (Wildman–Crippen MR) is 170 cm³/mol. The van der Waals surface area contributed by atoms with Gasteiger partial charge in [-0.15, -0.1) is 0 Å². The van der Waals surface area contributed by atoms with Gasteiger partial charge in [-0.1, -0.05) is 92.7 Å². The van der Waals surface area contributed by atoms with Crippen LogP contribution in [0.1, 0.15) is 37.9 Å². The molecule has 0 aliphatic rings. The molecular weight excluding hydrogens is 496 g/mol. The lowest BCUT2D eigenvalue weighted by Gasteiger charge is -2.20. The lowest BCUT2D eigenvalue weighted by molar-refractivity contribution is -0.0980. The Morgan fingerprint density at radius 1 is 0.775 bits per heavy atom. The summed E-state index contributed by atoms with van der Waals surface area (Å²) in [6, 6.07) is 29.8. The number of pyridine rings is 2. The molecule has 2 aromatic heterocycles. The molecule has 2 heterocycles. The fourth-order valence-electron chi connectivity index (χ4n) is 4.23. The highest BCUT2D eigenvalue weighted by atomic mass is 16.2. The Bertz CT molecular complexity index is 1390. The largest absolute Gasteiger partial charge is 0.400 e. The number of aryl methyl sites for hydroxylation is 1. The van der Waals surface area contributed by atoms with Crippen LogP contribution < -0.4 is 11.1 Å². The van der Waals surface area contributed by atoms with Crippen LogP contribution >= 0.6 is 0 Å². The maximum Gasteiger partial charge on any atom is 0.134 e. The van der Waals surface area contributed by atoms with Crippen LogP contribution in [0.25, 0.3) is 33.0 Å². The van der Waals surface area contributed by atoms with Gasteiger partial charge in [-0.25, -0.2) is 4.98 Å². The van der Waals surface area contributed by atoms with Gasteiger partial charge in [0, 0.05) is 48.3 Å². The second-order valence-corrected chi connectivity index (χ2v) is 8.14. The van der Waals surface area contributed by atoms with Crippen molar-refractivity contribution in [3.8, 4) is 22.3 Å². The average molecular weight is 539 g/mol. The zero-order chi connectivity index (χ0) is 29.9. The highest BCUT2D eigenvalue weighted by molar-refractivity contribution is 6.09. The molecule has 210 valence electrons. The number of anilines is 1. The molecule has 5 aromatic rings. The number of aliphatic hydroxyl groups excluding tert-OH is 1. The Morgan fingerprint density at radius 3 is 1.98 bits per heavy atom. The van der Waals surface area contributed by atoms with Crippen molar-refractivity contribution in [3.05, 3.63) is 115 Å². The van der Waals surface area contributed by atoms with Crippen molar-refractivity contribution in [2.45, 2.75) is 33.7 Å². The molecule has 0 fully saturated rings. The summed E-state index contributed by atoms with van der Waals surface area (Å²) in [6.07, 6.45) is 5.76. The van der Waals surface area contributed by atoms with Crippen molar-refractivity contribution in [1.82, 2.24) is 9.97 Å². The van der Waals surface area contributed by atoms with Crippen LogP contribution in [0.4, 0.5) is 5.82 Å². The van der Waals surface area contributed by atoms with E-state index in [9.17, 15) is 0 Å². The fourth-order valence-corrected chi connectivity index (χ4v) is 4.23. The normalized spacial score (nSPS) is 10.1. The Balaban J connectivity index is 0.000000921. The molecule has 0 radical (unpaired) electrons. The summed E-state index contributed by atoms with van der Waals surface area (Å²) in [5.74, 6) is 0.889. The van der Waals surface area contributed by atoms with Crippen LogP contribution in [0.15, 0.2) is 104 Å². The van der Waals surface area contributed by atoms with Gasteiger partial charge in [-0.05, 0) is 54.6 Å². The van der Waals surface area contributed by atoms with E-state index in [1.165, 1.54) is 23.7 Å². The van der Waals surface area contributed by atoms with Gasteiger partial charge < -0.3 is 21.0 Å². The number of carbonyl (C=O) groups excluding carboxylic acids is 1. The number of fused-ring (bicyclic) bond motifs is 1. The molecule has 0 bridgehead atoms. The van der Waals surface area contributed by atoms with Gasteiger partial charge in [0.1, 0.15) is 12.6 Å². The molecule has 4 N–H and O–H groups in total. The second-order valence-electron chi connectivity index (χ2n) is 8.14. The third-order valence-electron chi connectivity index (χ3n) is 5.84. The van der Waals surface area contributed by atoms with E-state index in [0.717, 1.165) is 40.4 Å². The van der Waals surface area contributed by atoms with E-state index >= 15 is 0 Å². The fraction of sp³-hybridized carbons (Fsp3) is 0.206. The number of hydrogen-bond donors (Lipinski definition) is 3. The number of rotatable bonds is 5. The molecule has 5 rings (SSSR count). The number of aliphatic hydroxyl groups is 1. The first-order chi connectivity index (χ1) is 19.7. The molecular formula is C34H42N4O2. The predicted octanol–water partition coefficient (Wildman–Crippen LogP) is 7.47. The van der Waals surface area contributed by atoms with E-state index in [4.69, 9.17) is 14.9 Å². The van der Waals surface area contributed by atoms with Gasteiger partial charge in [0.15, 0.2) is 0 Å². The van der Waals surface area contributed by atoms with Gasteiger partial charge >= 0.3 is 0 Å². The third kappa shape index (κ3) is 8.56. The van der Waals surface area contributed by atoms with E-state index in [1.807, 2.05) is 51.4 Å². The van der Waals surface area contributed by atoms with Crippen molar-refractivity contribution in [3.63, 3.8) is 0 Å². The SMILES string of the molecule is C=O.CC.CN.CO.Cc1cncc(-c2cnc(NC(C)c3ccccc3)c3c(-c4ccccc4)cccc23)c1. The average Bonchev–Trinajstić information content (AvgIpc) is 3.05. The zero-order valence-electron chi connectivity index (χ0n) is 24.4. The Morgan fingerprint density at radius 2 is 1.38 bits per heavy atom. The molecule has 0 saturated heterocycles. The van der Waals surface area contributed by atoms with Gasteiger partial charge in [-0.2, -0.15) is 0 Å². The van der Waals surface area contributed by atoms with Crippen LogP contribution in [0.3, 0.4) is 0 Å². The summed E-state index contributed by atoms with van der Waals surface area (Å²) >= 11 is 0. The summed E-state index contributed by atoms with van der Waals surface area (Å²) in [4.78, 5) is 17.3. The zero-order valence-corrected chi connectivity index (χ0v) is 24.4. The Labute approximate surface area is 239 Å². The summed E-state index contributed by atoms with van der Waals surface area (Å²) < 4.78 is 0. The number of aromatic nitrogens is 2. The summed E-state index contributed by atoms with van der Waals surface area (Å²) in [6.45, 7) is 10.2. The number of benzene rings is 3. The van der Waals surface area contributed by atoms with E-state index in [0.29, 0.717) is 0 Å². The number of nitrogens with zero attached hydrogens (tertiary/aromatic N) is 2. The van der Waals surface area contributed by atoms with Crippen molar-refractivity contribution in [1.29, 1.82) is 0 Å². The maximum atomic E-state index is 8.00. The minimum absolute atomic E-state index is 0.127. The Hall–Kier alpha value is -4.39. The van der Waals surface area contributed by atoms with Crippen LogP contribution in [0, 0.1) is 6.92 Å². The topological polar surface area (TPSA) is 101 Å². The monoisotopic (exact) mass is 538 g/mol. The van der Waals surface area contributed by atoms with Crippen molar-refractivity contribution in [2.24, 2.45) is 5.73 Å². The van der Waals surface area contributed by atoms with Gasteiger partial charge in [0.25, 0.3) is 0 Å². The molecule has 6 heteroatoms. The first-order valence-corrected chi connectivity index (χ1v) is 13.2. The number of carbonyl (C=O) groups is 1. The summed E-state index contributed by atoms with van der Waals surface area (Å²) in [5, 5.41) is 13.0. The van der Waals surface area contributed by atoms with Crippen LogP contribution in [0.2, 0.25) is 0 Å². The van der Waals surface area contributed by atoms with Gasteiger partial charge in [0.2, 0.25) is 0 Å². The minimum atomic E-state index is 0.127. The first kappa shape index (κ1) is 33.6. The molecule has 1 atom stereocenters. The Kier molecular flexibility index (Phi) is 15.8. The van der Waals surface area contributed by atoms with E-state index < -0.39 is 0 Å². The highest BCUT2D eigenvalue weighted by Crippen LogP contribution is 2.39. The van der Waals surface area contributed by atoms with Gasteiger partial charge in [0.05, 0.1) is 0 Å². The quantitative estimate of drug-likeness (QED) is 0.215. The molecule has 0 amide bonds. The highest BCUT2D eigenvalue weighted by Gasteiger charge is 2.16. The molecule has 1 unspecified atom stereocenters. The summed E-state index contributed by atoms with van der Waals surface area (Å²) in [5.41, 5.74) is 11.4. The molecule has 0 spiro atoms. The first-order valence-electron chi connectivity index (χ1n) is 13.2. The molecule has 3 aromatic carbocycles. The standard InChI is InChI=1S/C29H25N3.C2H6.CH5N.CH4O.CH2O/c1-20-16-24(18-30-17-20)27-19-31-29(32-21(2)22-10-5-3-6-11-22)28-25(14-9-15-26(27)28)23-12-7-4-8-13-23;4*1-2/h3-19,21H,1-2H3,(H,31,32);1-2H3;2H2,1H3;2H,1H3;1H2. The molecule has 0 saturated carbocycles. The molecule has 0 aliphatic carbocycles. The van der Waals surface area contributed by atoms with Crippen molar-refractivity contribution < 1.29 is 9.90 Å². The van der Waals surface area contributed by atoms with Crippen LogP contribution in [0.5, 0.6) is 0 Å². The van der Waals surface area contributed by atoms with Crippen molar-refractivity contribution >= 4 is 23.4 Å². The van der Waals surface area contributed by atoms with E-state index in [-0.39, 0.29) is 6.04 Å². The molecule has 0 aliphatic heterocycles. The smallest absolute Gasteiger partial charge is 0.134 e. The summed E-state index contributed by atoms with van der Waals surface area (Å²) in [7, 11) is 2.50. The third-order valence-corrected chi connectivity index (χ3v) is 5.84. The van der Waals surface area contributed by atoms with Gasteiger partial charge in [-0.3, -0.25) is 4.98 Å². The lowest BCUT2D eigenvalue weighted by Crippen LogP contribution is -2.09. The minimum Gasteiger partial charge on any atom is -0.400 e.